The maximum Gasteiger partial charge on any atom is 0.170 e. The first-order valence-corrected chi connectivity index (χ1v) is 6.31. The molecule has 1 aromatic carbocycles. The van der Waals surface area contributed by atoms with Crippen molar-refractivity contribution in [2.75, 3.05) is 0 Å². The van der Waals surface area contributed by atoms with Gasteiger partial charge in [-0.25, -0.2) is 0 Å². The number of carbonyl (C=O) groups is 1. The number of halogens is 1. The van der Waals surface area contributed by atoms with E-state index in [0.29, 0.717) is 5.56 Å². The minimum atomic E-state index is -1.08. The van der Waals surface area contributed by atoms with E-state index in [9.17, 15) is 9.90 Å². The predicted molar refractivity (Wildman–Crippen MR) is 72.0 cm³/mol. The van der Waals surface area contributed by atoms with Crippen molar-refractivity contribution < 1.29 is 9.90 Å². The van der Waals surface area contributed by atoms with E-state index in [2.05, 4.69) is 20.9 Å². The molecule has 1 unspecified atom stereocenters. The molecule has 0 fully saturated rings. The molecule has 0 aliphatic heterocycles. The fraction of sp³-hybridized carbons (Fsp3) is 0.143. The van der Waals surface area contributed by atoms with E-state index < -0.39 is 6.10 Å². The summed E-state index contributed by atoms with van der Waals surface area (Å²) in [5.41, 5.74) is 1.40. The molecule has 4 heteroatoms. The number of rotatable bonds is 4. The van der Waals surface area contributed by atoms with Crippen LogP contribution in [0.5, 0.6) is 0 Å². The van der Waals surface area contributed by atoms with Crippen LogP contribution in [-0.4, -0.2) is 15.9 Å². The van der Waals surface area contributed by atoms with Crippen LogP contribution < -0.4 is 0 Å². The molecule has 2 rings (SSSR count). The number of pyridine rings is 1. The van der Waals surface area contributed by atoms with E-state index in [0.717, 1.165) is 10.0 Å². The smallest absolute Gasteiger partial charge is 0.170 e. The molecule has 0 amide bonds. The maximum atomic E-state index is 11.9. The van der Waals surface area contributed by atoms with Gasteiger partial charge in [0.2, 0.25) is 0 Å². The van der Waals surface area contributed by atoms with Crippen LogP contribution in [0.4, 0.5) is 0 Å². The molecule has 0 spiro atoms. The molecule has 92 valence electrons. The summed E-state index contributed by atoms with van der Waals surface area (Å²) in [5, 5.41) is 9.94. The van der Waals surface area contributed by atoms with E-state index >= 15 is 0 Å². The number of aliphatic hydroxyl groups is 1. The highest BCUT2D eigenvalue weighted by molar-refractivity contribution is 9.10. The molecule has 0 bridgehead atoms. The molecule has 18 heavy (non-hydrogen) atoms. The van der Waals surface area contributed by atoms with E-state index in [4.69, 9.17) is 0 Å². The molecule has 1 aromatic heterocycles. The molecular weight excluding hydrogens is 294 g/mol. The van der Waals surface area contributed by atoms with Crippen molar-refractivity contribution in [3.05, 3.63) is 64.4 Å². The lowest BCUT2D eigenvalue weighted by molar-refractivity contribution is -0.126. The molecule has 2 aromatic rings. The highest BCUT2D eigenvalue weighted by Gasteiger charge is 2.17. The molecular formula is C14H12BrNO2. The Hall–Kier alpha value is -1.52. The van der Waals surface area contributed by atoms with Crippen molar-refractivity contribution in [3.8, 4) is 0 Å². The third kappa shape index (κ3) is 3.24. The Morgan fingerprint density at radius 1 is 1.28 bits per heavy atom. The van der Waals surface area contributed by atoms with Crippen molar-refractivity contribution in [3.63, 3.8) is 0 Å². The van der Waals surface area contributed by atoms with Gasteiger partial charge in [-0.1, -0.05) is 30.3 Å². The van der Waals surface area contributed by atoms with E-state index in [1.165, 1.54) is 0 Å². The molecule has 0 radical (unpaired) electrons. The average Bonchev–Trinajstić information content (AvgIpc) is 2.39. The molecule has 3 nitrogen and oxygen atoms in total. The van der Waals surface area contributed by atoms with Gasteiger partial charge in [0.15, 0.2) is 5.78 Å². The van der Waals surface area contributed by atoms with Crippen molar-refractivity contribution in [1.82, 2.24) is 4.98 Å². The molecule has 0 aliphatic carbocycles. The molecule has 0 saturated heterocycles. The van der Waals surface area contributed by atoms with Crippen molar-refractivity contribution in [1.29, 1.82) is 0 Å². The van der Waals surface area contributed by atoms with Gasteiger partial charge in [0.05, 0.1) is 0 Å². The van der Waals surface area contributed by atoms with Crippen LogP contribution in [0.2, 0.25) is 0 Å². The number of aliphatic hydroxyl groups excluding tert-OH is 1. The standard InChI is InChI=1S/C14H12BrNO2/c15-12-6-10(8-16-9-12)7-13(17)14(18)11-4-2-1-3-5-11/h1-6,8-9,14,18H,7H2. The van der Waals surface area contributed by atoms with Crippen molar-refractivity contribution in [2.45, 2.75) is 12.5 Å². The fourth-order valence-corrected chi connectivity index (χ4v) is 2.08. The second kappa shape index (κ2) is 5.89. The minimum absolute atomic E-state index is 0.169. The number of nitrogens with zero attached hydrogens (tertiary/aromatic N) is 1. The van der Waals surface area contributed by atoms with Crippen molar-refractivity contribution in [2.24, 2.45) is 0 Å². The monoisotopic (exact) mass is 305 g/mol. The van der Waals surface area contributed by atoms with E-state index in [-0.39, 0.29) is 12.2 Å². The Morgan fingerprint density at radius 2 is 2.00 bits per heavy atom. The topological polar surface area (TPSA) is 50.2 Å². The Balaban J connectivity index is 2.09. The number of benzene rings is 1. The highest BCUT2D eigenvalue weighted by Crippen LogP contribution is 2.17. The second-order valence-electron chi connectivity index (χ2n) is 3.97. The van der Waals surface area contributed by atoms with Gasteiger partial charge in [0.25, 0.3) is 0 Å². The third-order valence-corrected chi connectivity index (χ3v) is 2.99. The Morgan fingerprint density at radius 3 is 2.67 bits per heavy atom. The molecule has 0 saturated carbocycles. The van der Waals surface area contributed by atoms with Crippen LogP contribution in [0.25, 0.3) is 0 Å². The summed E-state index contributed by atoms with van der Waals surface area (Å²) in [4.78, 5) is 15.9. The van der Waals surface area contributed by atoms with E-state index in [1.54, 1.807) is 36.7 Å². The van der Waals surface area contributed by atoms with Crippen molar-refractivity contribution >= 4 is 21.7 Å². The quantitative estimate of drug-likeness (QED) is 0.945. The van der Waals surface area contributed by atoms with Crippen LogP contribution in [0.15, 0.2) is 53.3 Å². The molecule has 0 aliphatic rings. The van der Waals surface area contributed by atoms with Gasteiger partial charge in [-0.05, 0) is 33.1 Å². The highest BCUT2D eigenvalue weighted by atomic mass is 79.9. The number of aromatic nitrogens is 1. The Kier molecular flexibility index (Phi) is 4.23. The first kappa shape index (κ1) is 12.9. The Bertz CT molecular complexity index is 543. The zero-order valence-corrected chi connectivity index (χ0v) is 11.2. The minimum Gasteiger partial charge on any atom is -0.381 e. The summed E-state index contributed by atoms with van der Waals surface area (Å²) in [7, 11) is 0. The lowest BCUT2D eigenvalue weighted by atomic mass is 10.0. The first-order valence-electron chi connectivity index (χ1n) is 5.52. The lowest BCUT2D eigenvalue weighted by Crippen LogP contribution is -2.14. The van der Waals surface area contributed by atoms with Crippen LogP contribution in [-0.2, 0) is 11.2 Å². The SMILES string of the molecule is O=C(Cc1cncc(Br)c1)C(O)c1ccccc1. The number of carbonyl (C=O) groups excluding carboxylic acids is 1. The van der Waals surface area contributed by atoms with Gasteiger partial charge >= 0.3 is 0 Å². The Labute approximate surface area is 114 Å². The second-order valence-corrected chi connectivity index (χ2v) is 4.88. The van der Waals surface area contributed by atoms with Gasteiger partial charge < -0.3 is 5.11 Å². The normalized spacial score (nSPS) is 12.1. The summed E-state index contributed by atoms with van der Waals surface area (Å²) in [6.45, 7) is 0. The lowest BCUT2D eigenvalue weighted by Gasteiger charge is -2.09. The van der Waals surface area contributed by atoms with E-state index in [1.807, 2.05) is 12.1 Å². The van der Waals surface area contributed by atoms with Crippen LogP contribution in [0.3, 0.4) is 0 Å². The summed E-state index contributed by atoms with van der Waals surface area (Å²) < 4.78 is 0.821. The van der Waals surface area contributed by atoms with Gasteiger partial charge in [0.1, 0.15) is 6.10 Å². The summed E-state index contributed by atoms with van der Waals surface area (Å²) in [6.07, 6.45) is 2.37. The number of hydrogen-bond donors (Lipinski definition) is 1. The van der Waals surface area contributed by atoms with Crippen LogP contribution >= 0.6 is 15.9 Å². The summed E-state index contributed by atoms with van der Waals surface area (Å²) in [5.74, 6) is -0.235. The average molecular weight is 306 g/mol. The summed E-state index contributed by atoms with van der Waals surface area (Å²) in [6, 6.07) is 10.7. The zero-order valence-electron chi connectivity index (χ0n) is 9.58. The maximum absolute atomic E-state index is 11.9. The van der Waals surface area contributed by atoms with Gasteiger partial charge in [-0.15, -0.1) is 0 Å². The predicted octanol–water partition coefficient (Wildman–Crippen LogP) is 2.69. The van der Waals surface area contributed by atoms with Gasteiger partial charge in [-0.3, -0.25) is 9.78 Å². The number of hydrogen-bond acceptors (Lipinski definition) is 3. The molecule has 1 heterocycles. The third-order valence-electron chi connectivity index (χ3n) is 2.56. The summed E-state index contributed by atoms with van der Waals surface area (Å²) >= 11 is 3.30. The largest absolute Gasteiger partial charge is 0.381 e. The fourth-order valence-electron chi connectivity index (χ4n) is 1.67. The zero-order chi connectivity index (χ0) is 13.0. The molecule has 1 atom stereocenters. The molecule has 1 N–H and O–H groups in total. The van der Waals surface area contributed by atoms with Crippen LogP contribution in [0, 0.1) is 0 Å². The van der Waals surface area contributed by atoms with Crippen LogP contribution in [0.1, 0.15) is 17.2 Å². The first-order chi connectivity index (χ1) is 8.66. The van der Waals surface area contributed by atoms with Gasteiger partial charge in [-0.2, -0.15) is 0 Å². The number of Topliss-reactive ketones (excluding diaryl/α,β-unsaturated/α-hetero) is 1. The van der Waals surface area contributed by atoms with Gasteiger partial charge in [0, 0.05) is 23.3 Å². The number of ketones is 1.